The fourth-order valence-electron chi connectivity index (χ4n) is 2.39. The SMILES string of the molecule is Cn1/c(=N\NC(=O)c2cn3ccccc3n2)sc2ccccc21. The summed E-state index contributed by atoms with van der Waals surface area (Å²) >= 11 is 1.52. The van der Waals surface area contributed by atoms with Crippen molar-refractivity contribution in [2.75, 3.05) is 0 Å². The smallest absolute Gasteiger partial charge is 0.291 e. The molecule has 0 spiro atoms. The van der Waals surface area contributed by atoms with Crippen molar-refractivity contribution in [2.24, 2.45) is 12.1 Å². The van der Waals surface area contributed by atoms with E-state index in [1.165, 1.54) is 11.3 Å². The maximum absolute atomic E-state index is 12.2. The van der Waals surface area contributed by atoms with Crippen molar-refractivity contribution in [1.29, 1.82) is 0 Å². The Morgan fingerprint density at radius 2 is 2.04 bits per heavy atom. The topological polar surface area (TPSA) is 63.7 Å². The molecule has 4 aromatic rings. The Bertz CT molecular complexity index is 1060. The number of rotatable bonds is 2. The highest BCUT2D eigenvalue weighted by molar-refractivity contribution is 7.16. The molecule has 0 bridgehead atoms. The van der Waals surface area contributed by atoms with Crippen LogP contribution in [0.1, 0.15) is 10.5 Å². The molecule has 3 heterocycles. The zero-order chi connectivity index (χ0) is 15.8. The number of hydrogen-bond donors (Lipinski definition) is 1. The quantitative estimate of drug-likeness (QED) is 0.574. The van der Waals surface area contributed by atoms with Gasteiger partial charge in [0, 0.05) is 19.4 Å². The second-order valence-electron chi connectivity index (χ2n) is 5.06. The highest BCUT2D eigenvalue weighted by Gasteiger charge is 2.10. The number of pyridine rings is 1. The first-order valence-electron chi connectivity index (χ1n) is 7.05. The van der Waals surface area contributed by atoms with E-state index in [2.05, 4.69) is 15.5 Å². The molecule has 0 saturated heterocycles. The van der Waals surface area contributed by atoms with Crippen LogP contribution in [-0.2, 0) is 7.05 Å². The number of thiazole rings is 1. The van der Waals surface area contributed by atoms with Gasteiger partial charge >= 0.3 is 0 Å². The summed E-state index contributed by atoms with van der Waals surface area (Å²) in [4.78, 5) is 17.2. The normalized spacial score (nSPS) is 12.1. The molecule has 23 heavy (non-hydrogen) atoms. The van der Waals surface area contributed by atoms with Crippen molar-refractivity contribution < 1.29 is 4.79 Å². The summed E-state index contributed by atoms with van der Waals surface area (Å²) in [5.74, 6) is -0.328. The monoisotopic (exact) mass is 323 g/mol. The summed E-state index contributed by atoms with van der Waals surface area (Å²) in [6.07, 6.45) is 3.54. The van der Waals surface area contributed by atoms with Crippen molar-refractivity contribution in [1.82, 2.24) is 19.4 Å². The van der Waals surface area contributed by atoms with Crippen molar-refractivity contribution in [3.05, 3.63) is 65.4 Å². The standard InChI is InChI=1S/C16H13N5OS/c1-20-12-6-2-3-7-13(12)23-16(20)19-18-15(22)11-10-21-9-5-4-8-14(21)17-11/h2-10H,1H3,(H,18,22)/b19-16+. The van der Waals surface area contributed by atoms with E-state index in [0.29, 0.717) is 5.69 Å². The second-order valence-corrected chi connectivity index (χ2v) is 6.07. The Labute approximate surface area is 135 Å². The van der Waals surface area contributed by atoms with Crippen LogP contribution in [0.5, 0.6) is 0 Å². The predicted molar refractivity (Wildman–Crippen MR) is 89.0 cm³/mol. The lowest BCUT2D eigenvalue weighted by molar-refractivity contribution is 0.0948. The maximum atomic E-state index is 12.2. The van der Waals surface area contributed by atoms with Crippen LogP contribution in [0.3, 0.4) is 0 Å². The third-order valence-electron chi connectivity index (χ3n) is 3.56. The minimum atomic E-state index is -0.328. The Morgan fingerprint density at radius 1 is 1.22 bits per heavy atom. The van der Waals surface area contributed by atoms with E-state index in [1.54, 1.807) is 10.6 Å². The minimum absolute atomic E-state index is 0.328. The molecule has 0 aliphatic heterocycles. The van der Waals surface area contributed by atoms with Gasteiger partial charge in [0.25, 0.3) is 5.91 Å². The van der Waals surface area contributed by atoms with Gasteiger partial charge in [-0.3, -0.25) is 4.79 Å². The van der Waals surface area contributed by atoms with Gasteiger partial charge in [0.05, 0.1) is 10.2 Å². The highest BCUT2D eigenvalue weighted by Crippen LogP contribution is 2.14. The van der Waals surface area contributed by atoms with Crippen LogP contribution in [-0.4, -0.2) is 19.9 Å². The van der Waals surface area contributed by atoms with Gasteiger partial charge in [0.1, 0.15) is 11.3 Å². The highest BCUT2D eigenvalue weighted by atomic mass is 32.1. The van der Waals surface area contributed by atoms with Gasteiger partial charge in [0.15, 0.2) is 0 Å². The summed E-state index contributed by atoms with van der Waals surface area (Å²) in [5, 5.41) is 4.22. The van der Waals surface area contributed by atoms with E-state index in [4.69, 9.17) is 0 Å². The number of fused-ring (bicyclic) bond motifs is 2. The van der Waals surface area contributed by atoms with E-state index < -0.39 is 0 Å². The lowest BCUT2D eigenvalue weighted by Gasteiger charge is -1.95. The van der Waals surface area contributed by atoms with Crippen molar-refractivity contribution >= 4 is 33.1 Å². The fraction of sp³-hybridized carbons (Fsp3) is 0.0625. The number of para-hydroxylation sites is 1. The van der Waals surface area contributed by atoms with E-state index >= 15 is 0 Å². The zero-order valence-electron chi connectivity index (χ0n) is 12.3. The number of nitrogens with one attached hydrogen (secondary N) is 1. The average molecular weight is 323 g/mol. The number of imidazole rings is 1. The van der Waals surface area contributed by atoms with Gasteiger partial charge in [-0.15, -0.1) is 5.10 Å². The molecule has 0 fully saturated rings. The van der Waals surface area contributed by atoms with Crippen LogP contribution in [0.15, 0.2) is 60.0 Å². The van der Waals surface area contributed by atoms with Crippen molar-refractivity contribution in [3.63, 3.8) is 0 Å². The third-order valence-corrected chi connectivity index (χ3v) is 4.68. The molecule has 0 atom stereocenters. The minimum Gasteiger partial charge on any atom is -0.318 e. The number of carbonyl (C=O) groups excluding carboxylic acids is 1. The number of carbonyl (C=O) groups is 1. The molecule has 0 saturated carbocycles. The van der Waals surface area contributed by atoms with Crippen LogP contribution in [0.2, 0.25) is 0 Å². The lowest BCUT2D eigenvalue weighted by Crippen LogP contribution is -2.23. The molecule has 0 aliphatic rings. The first-order chi connectivity index (χ1) is 11.2. The second kappa shape index (κ2) is 5.36. The first kappa shape index (κ1) is 13.7. The molecule has 4 rings (SSSR count). The largest absolute Gasteiger partial charge is 0.318 e. The number of nitrogens with zero attached hydrogens (tertiary/aromatic N) is 4. The molecule has 0 radical (unpaired) electrons. The van der Waals surface area contributed by atoms with Gasteiger partial charge in [-0.05, 0) is 24.3 Å². The number of benzene rings is 1. The summed E-state index contributed by atoms with van der Waals surface area (Å²) < 4.78 is 4.87. The Hall–Kier alpha value is -2.93. The maximum Gasteiger partial charge on any atom is 0.291 e. The average Bonchev–Trinajstić information content (AvgIpc) is 3.15. The zero-order valence-corrected chi connectivity index (χ0v) is 13.1. The number of aromatic nitrogens is 3. The van der Waals surface area contributed by atoms with Crippen LogP contribution >= 0.6 is 11.3 Å². The molecular weight excluding hydrogens is 310 g/mol. The van der Waals surface area contributed by atoms with E-state index in [1.807, 2.05) is 60.3 Å². The summed E-state index contributed by atoms with van der Waals surface area (Å²) in [6.45, 7) is 0. The van der Waals surface area contributed by atoms with Gasteiger partial charge < -0.3 is 8.97 Å². The molecule has 6 nitrogen and oxygen atoms in total. The van der Waals surface area contributed by atoms with Crippen LogP contribution in [0.25, 0.3) is 15.9 Å². The van der Waals surface area contributed by atoms with E-state index in [-0.39, 0.29) is 5.91 Å². The van der Waals surface area contributed by atoms with Gasteiger partial charge in [0.2, 0.25) is 4.80 Å². The van der Waals surface area contributed by atoms with Crippen LogP contribution in [0, 0.1) is 0 Å². The van der Waals surface area contributed by atoms with Gasteiger partial charge in [-0.25, -0.2) is 10.4 Å². The lowest BCUT2D eigenvalue weighted by atomic mass is 10.3. The number of aryl methyl sites for hydroxylation is 1. The van der Waals surface area contributed by atoms with Gasteiger partial charge in [-0.1, -0.05) is 29.5 Å². The van der Waals surface area contributed by atoms with Crippen LogP contribution in [0.4, 0.5) is 0 Å². The molecule has 1 amide bonds. The molecule has 3 aromatic heterocycles. The summed E-state index contributed by atoms with van der Waals surface area (Å²) in [6, 6.07) is 13.6. The molecule has 7 heteroatoms. The third kappa shape index (κ3) is 2.40. The molecule has 114 valence electrons. The summed E-state index contributed by atoms with van der Waals surface area (Å²) in [7, 11) is 1.93. The van der Waals surface area contributed by atoms with Crippen molar-refractivity contribution in [2.45, 2.75) is 0 Å². The predicted octanol–water partition coefficient (Wildman–Crippen LogP) is 2.13. The number of amides is 1. The molecule has 0 aliphatic carbocycles. The Kier molecular flexibility index (Phi) is 3.20. The Balaban J connectivity index is 1.66. The molecule has 1 N–H and O–H groups in total. The summed E-state index contributed by atoms with van der Waals surface area (Å²) in [5.41, 5.74) is 4.72. The molecule has 0 unspecified atom stereocenters. The van der Waals surface area contributed by atoms with Crippen molar-refractivity contribution in [3.8, 4) is 0 Å². The van der Waals surface area contributed by atoms with E-state index in [9.17, 15) is 4.79 Å². The first-order valence-corrected chi connectivity index (χ1v) is 7.86. The van der Waals surface area contributed by atoms with E-state index in [0.717, 1.165) is 20.7 Å². The Morgan fingerprint density at radius 3 is 2.87 bits per heavy atom. The molecular formula is C16H13N5OS. The number of hydrogen-bond acceptors (Lipinski definition) is 4. The fourth-order valence-corrected chi connectivity index (χ4v) is 3.37. The van der Waals surface area contributed by atoms with Gasteiger partial charge in [-0.2, -0.15) is 0 Å². The van der Waals surface area contributed by atoms with Crippen LogP contribution < -0.4 is 10.2 Å². The molecule has 1 aromatic carbocycles.